The van der Waals surface area contributed by atoms with Crippen LogP contribution in [0.25, 0.3) is 0 Å². The van der Waals surface area contributed by atoms with E-state index in [1.54, 1.807) is 0 Å². The molecule has 0 bridgehead atoms. The van der Waals surface area contributed by atoms with Gasteiger partial charge in [0, 0.05) is 13.1 Å². The highest BCUT2D eigenvalue weighted by molar-refractivity contribution is 5.65. The molecule has 4 nitrogen and oxygen atoms in total. The van der Waals surface area contributed by atoms with Crippen molar-refractivity contribution >= 4 is 6.09 Å². The number of aliphatic hydroxyl groups is 1. The molecule has 68 valence electrons. The molecule has 12 heavy (non-hydrogen) atoms. The topological polar surface area (TPSA) is 60.8 Å². The van der Waals surface area contributed by atoms with E-state index in [0.29, 0.717) is 24.9 Å². The summed E-state index contributed by atoms with van der Waals surface area (Å²) in [6.45, 7) is 1.24. The van der Waals surface area contributed by atoms with E-state index in [1.165, 1.54) is 4.90 Å². The van der Waals surface area contributed by atoms with Gasteiger partial charge in [-0.25, -0.2) is 4.79 Å². The molecule has 0 spiro atoms. The summed E-state index contributed by atoms with van der Waals surface area (Å²) < 4.78 is 0. The number of amides is 1. The first-order valence-corrected chi connectivity index (χ1v) is 4.32. The Morgan fingerprint density at radius 3 is 2.17 bits per heavy atom. The van der Waals surface area contributed by atoms with Crippen LogP contribution in [0.5, 0.6) is 0 Å². The van der Waals surface area contributed by atoms with E-state index < -0.39 is 6.09 Å². The molecule has 0 aromatic heterocycles. The molecule has 1 heterocycles. The Labute approximate surface area is 70.8 Å². The summed E-state index contributed by atoms with van der Waals surface area (Å²) in [5.41, 5.74) is 0. The molecule has 2 N–H and O–H groups in total. The normalized spacial score (nSPS) is 35.6. The van der Waals surface area contributed by atoms with E-state index in [1.807, 2.05) is 0 Å². The van der Waals surface area contributed by atoms with E-state index >= 15 is 0 Å². The fourth-order valence-electron chi connectivity index (χ4n) is 2.42. The number of nitrogens with zero attached hydrogens (tertiary/aromatic N) is 1. The maximum atomic E-state index is 10.6. The Morgan fingerprint density at radius 2 is 1.75 bits per heavy atom. The highest BCUT2D eigenvalue weighted by atomic mass is 16.4. The maximum Gasteiger partial charge on any atom is 0.407 e. The first kappa shape index (κ1) is 7.86. The molecular formula is C8H13NO3. The Morgan fingerprint density at radius 1 is 1.25 bits per heavy atom. The summed E-state index contributed by atoms with van der Waals surface area (Å²) in [5.74, 6) is 0.826. The lowest BCUT2D eigenvalue weighted by Gasteiger charge is -2.13. The molecule has 0 aromatic rings. The lowest BCUT2D eigenvalue weighted by molar-refractivity contribution is 0.138. The summed E-state index contributed by atoms with van der Waals surface area (Å²) in [5, 5.41) is 18.0. The van der Waals surface area contributed by atoms with Gasteiger partial charge in [0.2, 0.25) is 0 Å². The van der Waals surface area contributed by atoms with Gasteiger partial charge >= 0.3 is 6.09 Å². The molecule has 1 saturated carbocycles. The molecule has 1 amide bonds. The van der Waals surface area contributed by atoms with Gasteiger partial charge in [-0.2, -0.15) is 0 Å². The second kappa shape index (κ2) is 2.62. The van der Waals surface area contributed by atoms with Crippen molar-refractivity contribution in [2.24, 2.45) is 11.8 Å². The summed E-state index contributed by atoms with van der Waals surface area (Å²) >= 11 is 0. The number of rotatable bonds is 0. The number of hydrogen-bond donors (Lipinski definition) is 2. The second-order valence-corrected chi connectivity index (χ2v) is 3.83. The largest absolute Gasteiger partial charge is 0.465 e. The van der Waals surface area contributed by atoms with Gasteiger partial charge in [-0.05, 0) is 24.7 Å². The zero-order valence-corrected chi connectivity index (χ0v) is 6.81. The van der Waals surface area contributed by atoms with Crippen LogP contribution in [0.1, 0.15) is 12.8 Å². The summed E-state index contributed by atoms with van der Waals surface area (Å²) in [7, 11) is 0. The summed E-state index contributed by atoms with van der Waals surface area (Å²) in [6, 6.07) is 0. The van der Waals surface area contributed by atoms with Gasteiger partial charge in [-0.1, -0.05) is 0 Å². The van der Waals surface area contributed by atoms with E-state index in [0.717, 1.165) is 12.8 Å². The zero-order valence-electron chi connectivity index (χ0n) is 6.81. The van der Waals surface area contributed by atoms with Crippen molar-refractivity contribution in [3.05, 3.63) is 0 Å². The molecule has 1 saturated heterocycles. The number of carbonyl (C=O) groups is 1. The Kier molecular flexibility index (Phi) is 1.72. The first-order chi connectivity index (χ1) is 5.66. The smallest absolute Gasteiger partial charge is 0.407 e. The van der Waals surface area contributed by atoms with Gasteiger partial charge in [0.15, 0.2) is 0 Å². The Hall–Kier alpha value is -0.770. The highest BCUT2D eigenvalue weighted by Crippen LogP contribution is 2.37. The Balaban J connectivity index is 1.98. The number of hydrogen-bond acceptors (Lipinski definition) is 2. The molecule has 0 unspecified atom stereocenters. The monoisotopic (exact) mass is 171 g/mol. The van der Waals surface area contributed by atoms with Gasteiger partial charge in [-0.3, -0.25) is 0 Å². The van der Waals surface area contributed by atoms with Crippen LogP contribution in [0.2, 0.25) is 0 Å². The fourth-order valence-corrected chi connectivity index (χ4v) is 2.42. The van der Waals surface area contributed by atoms with Crippen molar-refractivity contribution in [3.8, 4) is 0 Å². The second-order valence-electron chi connectivity index (χ2n) is 3.83. The van der Waals surface area contributed by atoms with Gasteiger partial charge < -0.3 is 15.1 Å². The van der Waals surface area contributed by atoms with Crippen molar-refractivity contribution in [2.45, 2.75) is 18.9 Å². The molecule has 4 heteroatoms. The van der Waals surface area contributed by atoms with Gasteiger partial charge in [0.25, 0.3) is 0 Å². The van der Waals surface area contributed by atoms with Crippen LogP contribution in [0.15, 0.2) is 0 Å². The van der Waals surface area contributed by atoms with Gasteiger partial charge in [0.1, 0.15) is 0 Å². The van der Waals surface area contributed by atoms with Gasteiger partial charge in [0.05, 0.1) is 6.10 Å². The molecular weight excluding hydrogens is 158 g/mol. The molecule has 0 aromatic carbocycles. The maximum absolute atomic E-state index is 10.6. The van der Waals surface area contributed by atoms with Crippen LogP contribution in [-0.2, 0) is 0 Å². The predicted octanol–water partition coefficient (Wildman–Crippen LogP) is 0.367. The molecule has 1 aliphatic heterocycles. The van der Waals surface area contributed by atoms with Crippen LogP contribution in [0.3, 0.4) is 0 Å². The van der Waals surface area contributed by atoms with Crippen LogP contribution >= 0.6 is 0 Å². The number of fused-ring (bicyclic) bond motifs is 1. The fraction of sp³-hybridized carbons (Fsp3) is 0.875. The molecule has 1 aliphatic carbocycles. The molecule has 2 aliphatic rings. The summed E-state index contributed by atoms with van der Waals surface area (Å²) in [4.78, 5) is 12.0. The van der Waals surface area contributed by atoms with Crippen molar-refractivity contribution in [2.75, 3.05) is 13.1 Å². The number of likely N-dealkylation sites (tertiary alicyclic amines) is 1. The van der Waals surface area contributed by atoms with E-state index in [9.17, 15) is 9.90 Å². The highest BCUT2D eigenvalue weighted by Gasteiger charge is 2.41. The van der Waals surface area contributed by atoms with Crippen LogP contribution in [-0.4, -0.2) is 40.4 Å². The Bertz CT molecular complexity index is 192. The van der Waals surface area contributed by atoms with Crippen LogP contribution < -0.4 is 0 Å². The summed E-state index contributed by atoms with van der Waals surface area (Å²) in [6.07, 6.45) is 0.568. The number of carboxylic acid groups (broad SMARTS) is 1. The van der Waals surface area contributed by atoms with E-state index in [-0.39, 0.29) is 6.10 Å². The molecule has 2 atom stereocenters. The van der Waals surface area contributed by atoms with Crippen molar-refractivity contribution in [1.29, 1.82) is 0 Å². The lowest BCUT2D eigenvalue weighted by Crippen LogP contribution is -2.28. The van der Waals surface area contributed by atoms with Crippen molar-refractivity contribution in [3.63, 3.8) is 0 Å². The minimum atomic E-state index is -0.820. The number of aliphatic hydroxyl groups excluding tert-OH is 1. The minimum Gasteiger partial charge on any atom is -0.465 e. The lowest BCUT2D eigenvalue weighted by atomic mass is 10.0. The third kappa shape index (κ3) is 1.16. The third-order valence-electron chi connectivity index (χ3n) is 3.00. The molecule has 2 rings (SSSR count). The van der Waals surface area contributed by atoms with Crippen molar-refractivity contribution in [1.82, 2.24) is 4.90 Å². The quantitative estimate of drug-likeness (QED) is 0.553. The van der Waals surface area contributed by atoms with Crippen LogP contribution in [0, 0.1) is 11.8 Å². The van der Waals surface area contributed by atoms with E-state index in [4.69, 9.17) is 5.11 Å². The average Bonchev–Trinajstić information content (AvgIpc) is 2.42. The van der Waals surface area contributed by atoms with E-state index in [2.05, 4.69) is 0 Å². The third-order valence-corrected chi connectivity index (χ3v) is 3.00. The zero-order chi connectivity index (χ0) is 8.72. The average molecular weight is 171 g/mol. The van der Waals surface area contributed by atoms with Crippen molar-refractivity contribution < 1.29 is 15.0 Å². The van der Waals surface area contributed by atoms with Crippen LogP contribution in [0.4, 0.5) is 4.79 Å². The first-order valence-electron chi connectivity index (χ1n) is 4.32. The molecule has 0 radical (unpaired) electrons. The minimum absolute atomic E-state index is 0.184. The SMILES string of the molecule is O=C(O)N1C[C@@H]2CC(O)C[C@H]2C1. The van der Waals surface area contributed by atoms with Gasteiger partial charge in [-0.15, -0.1) is 0 Å². The molecule has 2 fully saturated rings. The predicted molar refractivity (Wildman–Crippen MR) is 41.8 cm³/mol. The standard InChI is InChI=1S/C8H13NO3/c10-7-1-5-3-9(8(11)12)4-6(5)2-7/h5-7,10H,1-4H2,(H,11,12)/t5-,6-/m0/s1.